The zero-order valence-corrected chi connectivity index (χ0v) is 10.7. The second-order valence-corrected chi connectivity index (χ2v) is 5.71. The lowest BCUT2D eigenvalue weighted by Gasteiger charge is -2.29. The first-order valence-corrected chi connectivity index (χ1v) is 6.02. The van der Waals surface area contributed by atoms with Crippen molar-refractivity contribution in [3.05, 3.63) is 0 Å². The van der Waals surface area contributed by atoms with Gasteiger partial charge in [0.05, 0.1) is 12.1 Å². The third-order valence-electron chi connectivity index (χ3n) is 3.71. The summed E-state index contributed by atoms with van der Waals surface area (Å²) in [7, 11) is 0. The van der Waals surface area contributed by atoms with Gasteiger partial charge in [0.25, 0.3) is 0 Å². The van der Waals surface area contributed by atoms with E-state index >= 15 is 0 Å². The number of aliphatic hydroxyl groups excluding tert-OH is 1. The fourth-order valence-electron chi connectivity index (χ4n) is 1.56. The van der Waals surface area contributed by atoms with Gasteiger partial charge >= 0.3 is 0 Å². The summed E-state index contributed by atoms with van der Waals surface area (Å²) < 4.78 is 0. The van der Waals surface area contributed by atoms with Gasteiger partial charge in [-0.15, -0.1) is 0 Å². The van der Waals surface area contributed by atoms with Crippen LogP contribution in [0.25, 0.3) is 0 Å². The van der Waals surface area contributed by atoms with Crippen LogP contribution in [0, 0.1) is 11.3 Å². The fraction of sp³-hybridized carbons (Fsp3) is 0.917. The lowest BCUT2D eigenvalue weighted by atomic mass is 9.81. The predicted octanol–water partition coefficient (Wildman–Crippen LogP) is 0.508. The summed E-state index contributed by atoms with van der Waals surface area (Å²) in [4.78, 5) is 11.8. The molecule has 1 fully saturated rings. The highest BCUT2D eigenvalue weighted by molar-refractivity contribution is 5.82. The Kier molecular flexibility index (Phi) is 4.33. The van der Waals surface area contributed by atoms with Crippen molar-refractivity contribution >= 4 is 5.91 Å². The van der Waals surface area contributed by atoms with Gasteiger partial charge in [-0.3, -0.25) is 4.79 Å². The van der Waals surface area contributed by atoms with Crippen molar-refractivity contribution < 1.29 is 9.90 Å². The molecule has 1 heterocycles. The molecule has 0 aromatic heterocycles. The van der Waals surface area contributed by atoms with E-state index in [1.54, 1.807) is 0 Å². The summed E-state index contributed by atoms with van der Waals surface area (Å²) in [5.41, 5.74) is 0.104. The van der Waals surface area contributed by atoms with Crippen LogP contribution in [-0.2, 0) is 4.79 Å². The minimum Gasteiger partial charge on any atom is -0.392 e. The number of rotatable bonds is 4. The van der Waals surface area contributed by atoms with Crippen LogP contribution in [0.1, 0.15) is 34.1 Å². The maximum Gasteiger partial charge on any atom is 0.237 e. The number of nitrogens with one attached hydrogen (secondary N) is 2. The van der Waals surface area contributed by atoms with Crippen LogP contribution in [0.2, 0.25) is 0 Å². The van der Waals surface area contributed by atoms with Crippen LogP contribution >= 0.6 is 0 Å². The Labute approximate surface area is 97.8 Å². The Bertz CT molecular complexity index is 251. The standard InChI is InChI=1S/C12H24N2O2/c1-8(2)12(3,4)7-14-11(16)10-5-9(15)6-13-10/h8-10,13,15H,5-7H2,1-4H3,(H,14,16). The highest BCUT2D eigenvalue weighted by Gasteiger charge is 2.29. The SMILES string of the molecule is CC(C)C(C)(C)CNC(=O)C1CC(O)CN1. The van der Waals surface area contributed by atoms with Gasteiger partial charge in [0.2, 0.25) is 5.91 Å². The largest absolute Gasteiger partial charge is 0.392 e. The van der Waals surface area contributed by atoms with E-state index in [0.717, 1.165) is 0 Å². The Hall–Kier alpha value is -0.610. The third-order valence-corrected chi connectivity index (χ3v) is 3.71. The third kappa shape index (κ3) is 3.46. The van der Waals surface area contributed by atoms with Crippen LogP contribution in [-0.4, -0.2) is 36.2 Å². The van der Waals surface area contributed by atoms with Crippen LogP contribution in [0.4, 0.5) is 0 Å². The molecule has 0 spiro atoms. The number of carbonyl (C=O) groups excluding carboxylic acids is 1. The number of hydrogen-bond acceptors (Lipinski definition) is 3. The van der Waals surface area contributed by atoms with Crippen molar-refractivity contribution in [2.24, 2.45) is 11.3 Å². The summed E-state index contributed by atoms with van der Waals surface area (Å²) in [6.07, 6.45) is 0.141. The van der Waals surface area contributed by atoms with E-state index in [4.69, 9.17) is 0 Å². The Morgan fingerprint density at radius 2 is 2.19 bits per heavy atom. The van der Waals surface area contributed by atoms with Crippen molar-refractivity contribution in [2.75, 3.05) is 13.1 Å². The molecule has 0 aliphatic carbocycles. The fourth-order valence-corrected chi connectivity index (χ4v) is 1.56. The molecule has 2 atom stereocenters. The highest BCUT2D eigenvalue weighted by atomic mass is 16.3. The van der Waals surface area contributed by atoms with Gasteiger partial charge in [0.1, 0.15) is 0 Å². The average molecular weight is 228 g/mol. The van der Waals surface area contributed by atoms with Crippen molar-refractivity contribution in [3.8, 4) is 0 Å². The molecule has 1 saturated heterocycles. The van der Waals surface area contributed by atoms with E-state index in [0.29, 0.717) is 25.4 Å². The molecule has 94 valence electrons. The summed E-state index contributed by atoms with van der Waals surface area (Å²) in [5, 5.41) is 15.3. The minimum atomic E-state index is -0.381. The van der Waals surface area contributed by atoms with Gasteiger partial charge in [-0.25, -0.2) is 0 Å². The van der Waals surface area contributed by atoms with E-state index in [1.165, 1.54) is 0 Å². The highest BCUT2D eigenvalue weighted by Crippen LogP contribution is 2.24. The lowest BCUT2D eigenvalue weighted by Crippen LogP contribution is -2.45. The second-order valence-electron chi connectivity index (χ2n) is 5.71. The number of hydrogen-bond donors (Lipinski definition) is 3. The zero-order chi connectivity index (χ0) is 12.3. The molecule has 1 rings (SSSR count). The molecule has 1 aliphatic heterocycles. The first-order valence-electron chi connectivity index (χ1n) is 6.02. The summed E-state index contributed by atoms with van der Waals surface area (Å²) in [6.45, 7) is 9.81. The smallest absolute Gasteiger partial charge is 0.237 e. The van der Waals surface area contributed by atoms with E-state index in [-0.39, 0.29) is 23.5 Å². The number of carbonyl (C=O) groups is 1. The van der Waals surface area contributed by atoms with Gasteiger partial charge in [-0.1, -0.05) is 27.7 Å². The Morgan fingerprint density at radius 3 is 2.62 bits per heavy atom. The summed E-state index contributed by atoms with van der Waals surface area (Å²) in [6, 6.07) is -0.224. The molecule has 4 nitrogen and oxygen atoms in total. The number of β-amino-alcohol motifs (C(OH)–C–C–N with tert-alkyl or cyclic N) is 1. The van der Waals surface area contributed by atoms with E-state index in [1.807, 2.05) is 0 Å². The second kappa shape index (κ2) is 5.15. The van der Waals surface area contributed by atoms with Gasteiger partial charge in [0.15, 0.2) is 0 Å². The van der Waals surface area contributed by atoms with Crippen molar-refractivity contribution in [1.29, 1.82) is 0 Å². The van der Waals surface area contributed by atoms with Crippen LogP contribution in [0.15, 0.2) is 0 Å². The molecular weight excluding hydrogens is 204 g/mol. The molecule has 0 radical (unpaired) electrons. The molecular formula is C12H24N2O2. The maximum atomic E-state index is 11.8. The van der Waals surface area contributed by atoms with Crippen molar-refractivity contribution in [3.63, 3.8) is 0 Å². The van der Waals surface area contributed by atoms with Gasteiger partial charge < -0.3 is 15.7 Å². The van der Waals surface area contributed by atoms with Gasteiger partial charge in [0, 0.05) is 13.1 Å². The first kappa shape index (κ1) is 13.5. The normalized spacial score (nSPS) is 26.1. The van der Waals surface area contributed by atoms with E-state index in [2.05, 4.69) is 38.3 Å². The van der Waals surface area contributed by atoms with E-state index in [9.17, 15) is 9.90 Å². The molecule has 0 saturated carbocycles. The number of aliphatic hydroxyl groups is 1. The molecule has 0 aromatic rings. The molecule has 2 unspecified atom stereocenters. The van der Waals surface area contributed by atoms with Crippen LogP contribution in [0.3, 0.4) is 0 Å². The topological polar surface area (TPSA) is 61.4 Å². The summed E-state index contributed by atoms with van der Waals surface area (Å²) in [5.74, 6) is 0.528. The number of amides is 1. The molecule has 16 heavy (non-hydrogen) atoms. The predicted molar refractivity (Wildman–Crippen MR) is 64.0 cm³/mol. The van der Waals surface area contributed by atoms with Crippen LogP contribution in [0.5, 0.6) is 0 Å². The Morgan fingerprint density at radius 1 is 1.56 bits per heavy atom. The lowest BCUT2D eigenvalue weighted by molar-refractivity contribution is -0.123. The minimum absolute atomic E-state index is 0.00488. The Balaban J connectivity index is 2.35. The van der Waals surface area contributed by atoms with Crippen molar-refractivity contribution in [2.45, 2.75) is 46.3 Å². The molecule has 0 bridgehead atoms. The molecule has 1 amide bonds. The van der Waals surface area contributed by atoms with Crippen LogP contribution < -0.4 is 10.6 Å². The monoisotopic (exact) mass is 228 g/mol. The maximum absolute atomic E-state index is 11.8. The molecule has 0 aromatic carbocycles. The first-order chi connectivity index (χ1) is 7.33. The summed E-state index contributed by atoms with van der Waals surface area (Å²) >= 11 is 0. The van der Waals surface area contributed by atoms with E-state index < -0.39 is 0 Å². The zero-order valence-electron chi connectivity index (χ0n) is 10.7. The molecule has 3 N–H and O–H groups in total. The van der Waals surface area contributed by atoms with Gasteiger partial charge in [-0.05, 0) is 17.8 Å². The van der Waals surface area contributed by atoms with Gasteiger partial charge in [-0.2, -0.15) is 0 Å². The molecule has 4 heteroatoms. The van der Waals surface area contributed by atoms with Crippen molar-refractivity contribution in [1.82, 2.24) is 10.6 Å². The quantitative estimate of drug-likeness (QED) is 0.657. The average Bonchev–Trinajstić information content (AvgIpc) is 2.61. The molecule has 1 aliphatic rings.